The first-order valence-electron chi connectivity index (χ1n) is 4.78. The van der Waals surface area contributed by atoms with E-state index in [9.17, 15) is 0 Å². The fraction of sp³-hybridized carbons (Fsp3) is 0.455. The normalized spacial score (nSPS) is 10.4. The number of hydrogen-bond donors (Lipinski definition) is 2. The summed E-state index contributed by atoms with van der Waals surface area (Å²) in [5.74, 6) is 0.744. The van der Waals surface area contributed by atoms with Gasteiger partial charge in [-0.3, -0.25) is 0 Å². The van der Waals surface area contributed by atoms with Crippen LogP contribution in [0.15, 0.2) is 24.3 Å². The molecule has 3 N–H and O–H groups in total. The third-order valence-corrected chi connectivity index (χ3v) is 1.94. The molecule has 72 valence electrons. The van der Waals surface area contributed by atoms with E-state index in [1.807, 2.05) is 24.3 Å². The number of hydrogen-bond acceptors (Lipinski definition) is 2. The minimum absolute atomic E-state index is 0.744. The van der Waals surface area contributed by atoms with Crippen LogP contribution in [0.25, 0.3) is 0 Å². The van der Waals surface area contributed by atoms with Crippen molar-refractivity contribution in [2.45, 2.75) is 20.3 Å². The first-order valence-corrected chi connectivity index (χ1v) is 4.78. The standard InChI is InChI=1S/C11H18N2/c1-9(2)6-7-13-11-5-3-4-10(12)8-11/h3-5,8-9,13H,6-7,12H2,1-2H3. The number of anilines is 2. The Labute approximate surface area is 80.1 Å². The number of nitrogens with one attached hydrogen (secondary N) is 1. The van der Waals surface area contributed by atoms with E-state index in [0.29, 0.717) is 0 Å². The zero-order valence-corrected chi connectivity index (χ0v) is 8.38. The van der Waals surface area contributed by atoms with Gasteiger partial charge in [-0.25, -0.2) is 0 Å². The number of nitrogens with two attached hydrogens (primary N) is 1. The molecule has 0 saturated carbocycles. The average Bonchev–Trinajstić information content (AvgIpc) is 2.03. The number of benzene rings is 1. The van der Waals surface area contributed by atoms with Gasteiger partial charge < -0.3 is 11.1 Å². The second-order valence-electron chi connectivity index (χ2n) is 3.73. The van der Waals surface area contributed by atoms with E-state index < -0.39 is 0 Å². The van der Waals surface area contributed by atoms with E-state index in [1.54, 1.807) is 0 Å². The topological polar surface area (TPSA) is 38.0 Å². The first kappa shape index (κ1) is 9.90. The van der Waals surface area contributed by atoms with Crippen molar-refractivity contribution < 1.29 is 0 Å². The lowest BCUT2D eigenvalue weighted by atomic mass is 10.1. The molecule has 0 aliphatic rings. The first-order chi connectivity index (χ1) is 6.18. The van der Waals surface area contributed by atoms with Crippen LogP contribution in [0.1, 0.15) is 20.3 Å². The highest BCUT2D eigenvalue weighted by Gasteiger charge is 1.94. The highest BCUT2D eigenvalue weighted by atomic mass is 14.9. The summed E-state index contributed by atoms with van der Waals surface area (Å²) in [4.78, 5) is 0. The van der Waals surface area contributed by atoms with Crippen LogP contribution in [0.4, 0.5) is 11.4 Å². The van der Waals surface area contributed by atoms with E-state index in [1.165, 1.54) is 6.42 Å². The molecule has 0 radical (unpaired) electrons. The van der Waals surface area contributed by atoms with Gasteiger partial charge in [-0.15, -0.1) is 0 Å². The Morgan fingerprint density at radius 1 is 1.38 bits per heavy atom. The summed E-state index contributed by atoms with van der Waals surface area (Å²) in [5, 5.41) is 3.34. The molecule has 1 aromatic rings. The minimum Gasteiger partial charge on any atom is -0.399 e. The lowest BCUT2D eigenvalue weighted by Gasteiger charge is -2.08. The molecule has 1 rings (SSSR count). The monoisotopic (exact) mass is 178 g/mol. The lowest BCUT2D eigenvalue weighted by Crippen LogP contribution is -2.04. The Morgan fingerprint density at radius 3 is 2.77 bits per heavy atom. The summed E-state index contributed by atoms with van der Waals surface area (Å²) < 4.78 is 0. The molecular formula is C11H18N2. The van der Waals surface area contributed by atoms with Crippen LogP contribution in [0.2, 0.25) is 0 Å². The predicted octanol–water partition coefficient (Wildman–Crippen LogP) is 2.73. The van der Waals surface area contributed by atoms with E-state index in [0.717, 1.165) is 23.8 Å². The maximum Gasteiger partial charge on any atom is 0.0360 e. The predicted molar refractivity (Wildman–Crippen MR) is 58.8 cm³/mol. The SMILES string of the molecule is CC(C)CCNc1cccc(N)c1. The maximum absolute atomic E-state index is 5.65. The quantitative estimate of drug-likeness (QED) is 0.696. The summed E-state index contributed by atoms with van der Waals surface area (Å²) in [5.41, 5.74) is 7.58. The zero-order valence-electron chi connectivity index (χ0n) is 8.38. The molecule has 2 nitrogen and oxygen atoms in total. The summed E-state index contributed by atoms with van der Waals surface area (Å²) >= 11 is 0. The van der Waals surface area contributed by atoms with Crippen LogP contribution in [-0.2, 0) is 0 Å². The van der Waals surface area contributed by atoms with Crippen molar-refractivity contribution in [3.63, 3.8) is 0 Å². The molecule has 13 heavy (non-hydrogen) atoms. The van der Waals surface area contributed by atoms with Gasteiger partial charge in [-0.2, -0.15) is 0 Å². The van der Waals surface area contributed by atoms with Gasteiger partial charge in [0.1, 0.15) is 0 Å². The molecule has 0 aromatic heterocycles. The van der Waals surface area contributed by atoms with E-state index in [2.05, 4.69) is 19.2 Å². The van der Waals surface area contributed by atoms with E-state index >= 15 is 0 Å². The van der Waals surface area contributed by atoms with Crippen LogP contribution in [0.5, 0.6) is 0 Å². The zero-order chi connectivity index (χ0) is 9.68. The highest BCUT2D eigenvalue weighted by molar-refractivity contribution is 5.53. The van der Waals surface area contributed by atoms with Crippen molar-refractivity contribution in [3.05, 3.63) is 24.3 Å². The molecule has 0 saturated heterocycles. The third-order valence-electron chi connectivity index (χ3n) is 1.94. The van der Waals surface area contributed by atoms with Gasteiger partial charge in [0.25, 0.3) is 0 Å². The van der Waals surface area contributed by atoms with Gasteiger partial charge in [0.15, 0.2) is 0 Å². The minimum atomic E-state index is 0.744. The van der Waals surface area contributed by atoms with Gasteiger partial charge in [0.05, 0.1) is 0 Å². The van der Waals surface area contributed by atoms with Crippen LogP contribution in [0, 0.1) is 5.92 Å². The molecule has 0 aliphatic carbocycles. The second kappa shape index (κ2) is 4.75. The summed E-state index contributed by atoms with van der Waals surface area (Å²) in [6.07, 6.45) is 1.19. The molecule has 0 aliphatic heterocycles. The molecule has 0 amide bonds. The average molecular weight is 178 g/mol. The van der Waals surface area contributed by atoms with Gasteiger partial charge in [0, 0.05) is 17.9 Å². The lowest BCUT2D eigenvalue weighted by molar-refractivity contribution is 0.607. The molecule has 0 spiro atoms. The van der Waals surface area contributed by atoms with Crippen LogP contribution in [0.3, 0.4) is 0 Å². The third kappa shape index (κ3) is 3.83. The van der Waals surface area contributed by atoms with Crippen molar-refractivity contribution in [1.29, 1.82) is 0 Å². The van der Waals surface area contributed by atoms with Crippen LogP contribution < -0.4 is 11.1 Å². The van der Waals surface area contributed by atoms with Gasteiger partial charge in [-0.1, -0.05) is 19.9 Å². The van der Waals surface area contributed by atoms with Gasteiger partial charge >= 0.3 is 0 Å². The maximum atomic E-state index is 5.65. The summed E-state index contributed by atoms with van der Waals surface area (Å²) in [6.45, 7) is 5.46. The number of rotatable bonds is 4. The molecule has 2 heteroatoms. The largest absolute Gasteiger partial charge is 0.399 e. The summed E-state index contributed by atoms with van der Waals surface area (Å²) in [6, 6.07) is 7.86. The molecule has 1 aromatic carbocycles. The Bertz CT molecular complexity index is 256. The molecule has 0 bridgehead atoms. The van der Waals surface area contributed by atoms with Crippen molar-refractivity contribution in [2.75, 3.05) is 17.6 Å². The highest BCUT2D eigenvalue weighted by Crippen LogP contribution is 2.12. The van der Waals surface area contributed by atoms with E-state index in [-0.39, 0.29) is 0 Å². The van der Waals surface area contributed by atoms with Crippen molar-refractivity contribution >= 4 is 11.4 Å². The summed E-state index contributed by atoms with van der Waals surface area (Å²) in [7, 11) is 0. The fourth-order valence-electron chi connectivity index (χ4n) is 1.15. The van der Waals surface area contributed by atoms with Gasteiger partial charge in [0.2, 0.25) is 0 Å². The Hall–Kier alpha value is -1.18. The Kier molecular flexibility index (Phi) is 3.62. The van der Waals surface area contributed by atoms with Crippen molar-refractivity contribution in [2.24, 2.45) is 5.92 Å². The molecular weight excluding hydrogens is 160 g/mol. The fourth-order valence-corrected chi connectivity index (χ4v) is 1.15. The molecule has 0 atom stereocenters. The molecule has 0 fully saturated rings. The number of nitrogen functional groups attached to an aromatic ring is 1. The van der Waals surface area contributed by atoms with E-state index in [4.69, 9.17) is 5.73 Å². The molecule has 0 heterocycles. The van der Waals surface area contributed by atoms with Crippen molar-refractivity contribution in [3.8, 4) is 0 Å². The Morgan fingerprint density at radius 2 is 2.15 bits per heavy atom. The molecule has 0 unspecified atom stereocenters. The second-order valence-corrected chi connectivity index (χ2v) is 3.73. The Balaban J connectivity index is 2.37. The van der Waals surface area contributed by atoms with Crippen LogP contribution >= 0.6 is 0 Å². The smallest absolute Gasteiger partial charge is 0.0360 e. The van der Waals surface area contributed by atoms with Crippen LogP contribution in [-0.4, -0.2) is 6.54 Å². The van der Waals surface area contributed by atoms with Crippen molar-refractivity contribution in [1.82, 2.24) is 0 Å². The van der Waals surface area contributed by atoms with Gasteiger partial charge in [-0.05, 0) is 30.5 Å².